The van der Waals surface area contributed by atoms with Crippen molar-refractivity contribution < 1.29 is 8.42 Å². The molecule has 0 saturated carbocycles. The Morgan fingerprint density at radius 2 is 2.00 bits per heavy atom. The number of hydrogen-bond acceptors (Lipinski definition) is 3. The first-order valence-corrected chi connectivity index (χ1v) is 6.85. The van der Waals surface area contributed by atoms with E-state index < -0.39 is 10.0 Å². The number of nitrogens with one attached hydrogen (secondary N) is 1. The van der Waals surface area contributed by atoms with Crippen LogP contribution in [0.2, 0.25) is 0 Å². The predicted octanol–water partition coefficient (Wildman–Crippen LogP) is 1.55. The monoisotopic (exact) mass is 252 g/mol. The van der Waals surface area contributed by atoms with E-state index in [1.54, 1.807) is 12.1 Å². The van der Waals surface area contributed by atoms with E-state index in [4.69, 9.17) is 11.6 Å². The summed E-state index contributed by atoms with van der Waals surface area (Å²) in [5.41, 5.74) is 0.833. The molecule has 1 aromatic carbocycles. The van der Waals surface area contributed by atoms with Crippen LogP contribution in [0.3, 0.4) is 0 Å². The van der Waals surface area contributed by atoms with Crippen LogP contribution in [0.15, 0.2) is 29.2 Å². The van der Waals surface area contributed by atoms with E-state index in [0.717, 1.165) is 12.1 Å². The molecule has 0 amide bonds. The van der Waals surface area contributed by atoms with Crippen LogP contribution < -0.4 is 10.5 Å². The van der Waals surface area contributed by atoms with Crippen LogP contribution in [0.4, 0.5) is 5.69 Å². The zero-order chi connectivity index (χ0) is 12.9. The van der Waals surface area contributed by atoms with Gasteiger partial charge in [-0.3, -0.25) is 0 Å². The highest BCUT2D eigenvalue weighted by Crippen LogP contribution is 2.15. The Bertz CT molecular complexity index is 500. The van der Waals surface area contributed by atoms with Crippen LogP contribution in [0.25, 0.3) is 0 Å². The van der Waals surface area contributed by atoms with E-state index in [1.807, 2.05) is 6.92 Å². The van der Waals surface area contributed by atoms with Gasteiger partial charge < -0.3 is 5.32 Å². The molecule has 0 saturated heterocycles. The number of terminal acetylenes is 1. The van der Waals surface area contributed by atoms with Crippen LogP contribution in [0, 0.1) is 12.3 Å². The molecule has 0 spiro atoms. The molecule has 5 heteroatoms. The van der Waals surface area contributed by atoms with Gasteiger partial charge in [0.25, 0.3) is 0 Å². The fourth-order valence-electron chi connectivity index (χ4n) is 1.42. The summed E-state index contributed by atoms with van der Waals surface area (Å²) in [5.74, 6) is 2.60. The quantitative estimate of drug-likeness (QED) is 0.781. The van der Waals surface area contributed by atoms with Crippen LogP contribution in [-0.4, -0.2) is 14.5 Å². The largest absolute Gasteiger partial charge is 0.381 e. The predicted molar refractivity (Wildman–Crippen MR) is 69.0 cm³/mol. The van der Waals surface area contributed by atoms with Gasteiger partial charge >= 0.3 is 0 Å². The minimum Gasteiger partial charge on any atom is -0.381 e. The standard InChI is InChI=1S/C12H16N2O2S/c1-3-5-10(4-2)14-11-6-8-12(9-7-11)17(13,15)16/h1,6-10,14H,4-5H2,2H3,(H2,13,15,16). The lowest BCUT2D eigenvalue weighted by molar-refractivity contribution is 0.598. The molecule has 1 atom stereocenters. The van der Waals surface area contributed by atoms with Gasteiger partial charge in [0.1, 0.15) is 0 Å². The summed E-state index contributed by atoms with van der Waals surface area (Å²) >= 11 is 0. The number of primary sulfonamides is 1. The first-order chi connectivity index (χ1) is 7.97. The lowest BCUT2D eigenvalue weighted by atomic mass is 10.1. The first kappa shape index (κ1) is 13.6. The molecule has 4 nitrogen and oxygen atoms in total. The molecule has 0 aliphatic heterocycles. The van der Waals surface area contributed by atoms with E-state index >= 15 is 0 Å². The van der Waals surface area contributed by atoms with Gasteiger partial charge in [-0.25, -0.2) is 13.6 Å². The van der Waals surface area contributed by atoms with Gasteiger partial charge in [-0.05, 0) is 30.7 Å². The summed E-state index contributed by atoms with van der Waals surface area (Å²) in [6.07, 6.45) is 6.79. The minimum atomic E-state index is -3.62. The van der Waals surface area contributed by atoms with Crippen LogP contribution in [0.1, 0.15) is 19.8 Å². The average molecular weight is 252 g/mol. The van der Waals surface area contributed by atoms with Crippen LogP contribution in [0.5, 0.6) is 0 Å². The second-order valence-corrected chi connectivity index (χ2v) is 5.29. The van der Waals surface area contributed by atoms with Gasteiger partial charge in [0.15, 0.2) is 0 Å². The Balaban J connectivity index is 2.79. The topological polar surface area (TPSA) is 72.2 Å². The summed E-state index contributed by atoms with van der Waals surface area (Å²) < 4.78 is 22.1. The molecular weight excluding hydrogens is 236 g/mol. The van der Waals surface area contributed by atoms with Crippen molar-refractivity contribution in [2.45, 2.75) is 30.7 Å². The van der Waals surface area contributed by atoms with E-state index in [-0.39, 0.29) is 10.9 Å². The third-order valence-electron chi connectivity index (χ3n) is 2.41. The van der Waals surface area contributed by atoms with Gasteiger partial charge in [-0.15, -0.1) is 12.3 Å². The molecule has 1 rings (SSSR count). The molecule has 0 aliphatic rings. The van der Waals surface area contributed by atoms with Gasteiger partial charge in [0, 0.05) is 18.2 Å². The van der Waals surface area contributed by atoms with Crippen molar-refractivity contribution in [2.24, 2.45) is 5.14 Å². The van der Waals surface area contributed by atoms with E-state index in [2.05, 4.69) is 11.2 Å². The maximum absolute atomic E-state index is 11.1. The Morgan fingerprint density at radius 3 is 2.41 bits per heavy atom. The highest BCUT2D eigenvalue weighted by atomic mass is 32.2. The first-order valence-electron chi connectivity index (χ1n) is 5.30. The Hall–Kier alpha value is -1.51. The molecule has 0 bridgehead atoms. The second kappa shape index (κ2) is 5.71. The van der Waals surface area contributed by atoms with Gasteiger partial charge in [0.05, 0.1) is 4.90 Å². The lowest BCUT2D eigenvalue weighted by Crippen LogP contribution is -2.17. The zero-order valence-electron chi connectivity index (χ0n) is 9.68. The molecule has 0 fully saturated rings. The maximum Gasteiger partial charge on any atom is 0.238 e. The number of benzene rings is 1. The van der Waals surface area contributed by atoms with Crippen molar-refractivity contribution in [3.05, 3.63) is 24.3 Å². The summed E-state index contributed by atoms with van der Waals surface area (Å²) in [6.45, 7) is 2.04. The minimum absolute atomic E-state index is 0.105. The molecule has 92 valence electrons. The van der Waals surface area contributed by atoms with E-state index in [1.165, 1.54) is 12.1 Å². The number of hydrogen-bond donors (Lipinski definition) is 2. The van der Waals surface area contributed by atoms with Crippen molar-refractivity contribution in [3.8, 4) is 12.3 Å². The lowest BCUT2D eigenvalue weighted by Gasteiger charge is -2.15. The normalized spacial score (nSPS) is 12.8. The number of anilines is 1. The molecular formula is C12H16N2O2S. The summed E-state index contributed by atoms with van der Waals surface area (Å²) in [4.78, 5) is 0.105. The van der Waals surface area contributed by atoms with Crippen LogP contribution in [-0.2, 0) is 10.0 Å². The smallest absolute Gasteiger partial charge is 0.238 e. The Kier molecular flexibility index (Phi) is 4.55. The highest BCUT2D eigenvalue weighted by Gasteiger charge is 2.08. The highest BCUT2D eigenvalue weighted by molar-refractivity contribution is 7.89. The average Bonchev–Trinajstić information content (AvgIpc) is 2.28. The van der Waals surface area contributed by atoms with Crippen molar-refractivity contribution >= 4 is 15.7 Å². The third kappa shape index (κ3) is 4.10. The maximum atomic E-state index is 11.1. The van der Waals surface area contributed by atoms with E-state index in [0.29, 0.717) is 6.42 Å². The zero-order valence-corrected chi connectivity index (χ0v) is 10.5. The van der Waals surface area contributed by atoms with Crippen molar-refractivity contribution in [3.63, 3.8) is 0 Å². The number of sulfonamides is 1. The molecule has 1 aromatic rings. The molecule has 0 aliphatic carbocycles. The SMILES string of the molecule is C#CCC(CC)Nc1ccc(S(N)(=O)=O)cc1. The Morgan fingerprint density at radius 1 is 1.41 bits per heavy atom. The summed E-state index contributed by atoms with van der Waals surface area (Å²) in [6, 6.07) is 6.50. The second-order valence-electron chi connectivity index (χ2n) is 3.73. The molecule has 0 aromatic heterocycles. The summed E-state index contributed by atoms with van der Waals surface area (Å²) in [5, 5.41) is 8.24. The fraction of sp³-hybridized carbons (Fsp3) is 0.333. The molecule has 0 radical (unpaired) electrons. The number of nitrogens with two attached hydrogens (primary N) is 1. The van der Waals surface area contributed by atoms with Gasteiger partial charge in [-0.1, -0.05) is 6.92 Å². The fourth-order valence-corrected chi connectivity index (χ4v) is 1.93. The molecule has 1 unspecified atom stereocenters. The van der Waals surface area contributed by atoms with Crippen molar-refractivity contribution in [1.82, 2.24) is 0 Å². The van der Waals surface area contributed by atoms with E-state index in [9.17, 15) is 8.42 Å². The molecule has 0 heterocycles. The third-order valence-corrected chi connectivity index (χ3v) is 3.34. The summed E-state index contributed by atoms with van der Waals surface area (Å²) in [7, 11) is -3.62. The molecule has 3 N–H and O–H groups in total. The Labute approximate surface area is 102 Å². The van der Waals surface area contributed by atoms with Gasteiger partial charge in [0.2, 0.25) is 10.0 Å². The van der Waals surface area contributed by atoms with Crippen molar-refractivity contribution in [2.75, 3.05) is 5.32 Å². The molecule has 17 heavy (non-hydrogen) atoms. The van der Waals surface area contributed by atoms with Crippen molar-refractivity contribution in [1.29, 1.82) is 0 Å². The number of rotatable bonds is 5. The van der Waals surface area contributed by atoms with Gasteiger partial charge in [-0.2, -0.15) is 0 Å². The van der Waals surface area contributed by atoms with Crippen LogP contribution >= 0.6 is 0 Å².